The van der Waals surface area contributed by atoms with Crippen molar-refractivity contribution in [1.29, 1.82) is 0 Å². The van der Waals surface area contributed by atoms with E-state index in [2.05, 4.69) is 20.3 Å². The predicted octanol–water partition coefficient (Wildman–Crippen LogP) is 4.14. The lowest BCUT2D eigenvalue weighted by Crippen LogP contribution is -2.34. The Labute approximate surface area is 211 Å². The number of amides is 2. The number of carbonyl (C=O) groups excluding carboxylic acids is 1. The molecular formula is C26H30N6O3S. The maximum Gasteiger partial charge on any atom is 0.319 e. The van der Waals surface area contributed by atoms with Crippen LogP contribution >= 0.6 is 0 Å². The molecule has 0 aliphatic carbocycles. The topological polar surface area (TPSA) is 108 Å². The van der Waals surface area contributed by atoms with Gasteiger partial charge in [-0.15, -0.1) is 0 Å². The molecule has 10 heteroatoms. The SMILES string of the molecule is CCS(=O)(=O)Nc1cccc(-n2cnc3ccc(-c4ccc(NC(=O)NCCN(C)C)cc4)cc32)c1. The van der Waals surface area contributed by atoms with Crippen LogP contribution in [0.15, 0.2) is 73.1 Å². The van der Waals surface area contributed by atoms with Crippen molar-refractivity contribution < 1.29 is 13.2 Å². The average Bonchev–Trinajstić information content (AvgIpc) is 3.27. The van der Waals surface area contributed by atoms with E-state index in [-0.39, 0.29) is 11.8 Å². The van der Waals surface area contributed by atoms with Crippen LogP contribution in [0.5, 0.6) is 0 Å². The van der Waals surface area contributed by atoms with E-state index in [4.69, 9.17) is 0 Å². The van der Waals surface area contributed by atoms with Crippen molar-refractivity contribution in [2.75, 3.05) is 43.0 Å². The molecule has 0 aliphatic heterocycles. The molecule has 1 aromatic heterocycles. The van der Waals surface area contributed by atoms with Crippen molar-refractivity contribution in [3.05, 3.63) is 73.1 Å². The van der Waals surface area contributed by atoms with Gasteiger partial charge >= 0.3 is 6.03 Å². The van der Waals surface area contributed by atoms with Crippen LogP contribution in [0.4, 0.5) is 16.2 Å². The summed E-state index contributed by atoms with van der Waals surface area (Å²) < 4.78 is 28.5. The fraction of sp³-hybridized carbons (Fsp3) is 0.231. The molecule has 4 aromatic rings. The van der Waals surface area contributed by atoms with E-state index in [0.29, 0.717) is 17.9 Å². The first-order valence-corrected chi connectivity index (χ1v) is 13.3. The number of anilines is 2. The number of benzene rings is 3. The van der Waals surface area contributed by atoms with Crippen LogP contribution < -0.4 is 15.4 Å². The zero-order chi connectivity index (χ0) is 25.7. The first-order valence-electron chi connectivity index (χ1n) is 11.6. The van der Waals surface area contributed by atoms with Gasteiger partial charge in [0.25, 0.3) is 0 Å². The summed E-state index contributed by atoms with van der Waals surface area (Å²) in [5.74, 6) is 0.00400. The number of likely N-dealkylation sites (N-methyl/N-ethyl adjacent to an activating group) is 1. The highest BCUT2D eigenvalue weighted by Gasteiger charge is 2.11. The molecule has 0 unspecified atom stereocenters. The van der Waals surface area contributed by atoms with E-state index in [1.165, 1.54) is 0 Å². The largest absolute Gasteiger partial charge is 0.337 e. The average molecular weight is 507 g/mol. The Balaban J connectivity index is 1.54. The standard InChI is InChI=1S/C26H30N6O3S/c1-4-36(34,35)30-22-6-5-7-23(17-22)32-18-28-24-13-10-20(16-25(24)32)19-8-11-21(12-9-19)29-26(33)27-14-15-31(2)3/h5-13,16-18,30H,4,14-15H2,1-3H3,(H2,27,29,33). The molecule has 0 atom stereocenters. The number of hydrogen-bond acceptors (Lipinski definition) is 5. The number of urea groups is 1. The summed E-state index contributed by atoms with van der Waals surface area (Å²) in [7, 11) is 0.541. The quantitative estimate of drug-likeness (QED) is 0.316. The molecule has 1 heterocycles. The highest BCUT2D eigenvalue weighted by Crippen LogP contribution is 2.27. The number of nitrogens with zero attached hydrogens (tertiary/aromatic N) is 3. The molecule has 0 saturated carbocycles. The van der Waals surface area contributed by atoms with Gasteiger partial charge in [0.15, 0.2) is 0 Å². The van der Waals surface area contributed by atoms with Gasteiger partial charge in [0.2, 0.25) is 10.0 Å². The van der Waals surface area contributed by atoms with Crippen molar-refractivity contribution in [2.45, 2.75) is 6.92 Å². The molecule has 0 radical (unpaired) electrons. The monoisotopic (exact) mass is 506 g/mol. The van der Waals surface area contributed by atoms with E-state index < -0.39 is 10.0 Å². The number of rotatable bonds is 9. The number of aromatic nitrogens is 2. The van der Waals surface area contributed by atoms with E-state index in [9.17, 15) is 13.2 Å². The third-order valence-corrected chi connectivity index (χ3v) is 6.95. The summed E-state index contributed by atoms with van der Waals surface area (Å²) in [6.45, 7) is 2.93. The number of nitrogens with one attached hydrogen (secondary N) is 3. The molecule has 0 fully saturated rings. The maximum atomic E-state index is 12.1. The van der Waals surface area contributed by atoms with Crippen molar-refractivity contribution in [3.63, 3.8) is 0 Å². The molecule has 0 spiro atoms. The normalized spacial score (nSPS) is 11.6. The minimum absolute atomic E-state index is 0.00400. The smallest absolute Gasteiger partial charge is 0.319 e. The van der Waals surface area contributed by atoms with Gasteiger partial charge in [-0.2, -0.15) is 0 Å². The number of imidazole rings is 1. The van der Waals surface area contributed by atoms with Crippen LogP contribution in [-0.4, -0.2) is 61.8 Å². The van der Waals surface area contributed by atoms with E-state index in [1.807, 2.05) is 72.1 Å². The second-order valence-electron chi connectivity index (χ2n) is 8.64. The summed E-state index contributed by atoms with van der Waals surface area (Å²) >= 11 is 0. The van der Waals surface area contributed by atoms with E-state index in [1.54, 1.807) is 31.5 Å². The van der Waals surface area contributed by atoms with Crippen LogP contribution in [0.2, 0.25) is 0 Å². The van der Waals surface area contributed by atoms with Crippen LogP contribution in [0, 0.1) is 0 Å². The number of carbonyl (C=O) groups is 1. The minimum Gasteiger partial charge on any atom is -0.337 e. The maximum absolute atomic E-state index is 12.1. The minimum atomic E-state index is -3.37. The lowest BCUT2D eigenvalue weighted by atomic mass is 10.0. The molecule has 0 saturated heterocycles. The van der Waals surface area contributed by atoms with Gasteiger partial charge in [-0.05, 0) is 74.6 Å². The second kappa shape index (κ2) is 10.8. The van der Waals surface area contributed by atoms with E-state index >= 15 is 0 Å². The second-order valence-corrected chi connectivity index (χ2v) is 10.6. The van der Waals surface area contributed by atoms with Crippen molar-refractivity contribution in [2.24, 2.45) is 0 Å². The fourth-order valence-electron chi connectivity index (χ4n) is 3.68. The molecule has 9 nitrogen and oxygen atoms in total. The van der Waals surface area contributed by atoms with Crippen LogP contribution in [-0.2, 0) is 10.0 Å². The van der Waals surface area contributed by atoms with Gasteiger partial charge in [-0.1, -0.05) is 24.3 Å². The van der Waals surface area contributed by atoms with Gasteiger partial charge in [-0.3, -0.25) is 9.29 Å². The first kappa shape index (κ1) is 25.2. The third kappa shape index (κ3) is 6.21. The number of fused-ring (bicyclic) bond motifs is 1. The Bertz CT molecular complexity index is 1460. The van der Waals surface area contributed by atoms with Gasteiger partial charge in [0.1, 0.15) is 6.33 Å². The molecule has 36 heavy (non-hydrogen) atoms. The van der Waals surface area contributed by atoms with Crippen molar-refractivity contribution >= 4 is 38.5 Å². The summed E-state index contributed by atoms with van der Waals surface area (Å²) in [6.07, 6.45) is 1.73. The Morgan fingerprint density at radius 3 is 2.44 bits per heavy atom. The lowest BCUT2D eigenvalue weighted by Gasteiger charge is -2.12. The zero-order valence-corrected chi connectivity index (χ0v) is 21.3. The Hall–Kier alpha value is -3.89. The third-order valence-electron chi connectivity index (χ3n) is 5.65. The van der Waals surface area contributed by atoms with Crippen LogP contribution in [0.3, 0.4) is 0 Å². The van der Waals surface area contributed by atoms with Crippen LogP contribution in [0.1, 0.15) is 6.92 Å². The molecule has 0 aliphatic rings. The van der Waals surface area contributed by atoms with Crippen LogP contribution in [0.25, 0.3) is 27.8 Å². The number of hydrogen-bond donors (Lipinski definition) is 3. The molecule has 2 amide bonds. The fourth-order valence-corrected chi connectivity index (χ4v) is 4.31. The highest BCUT2D eigenvalue weighted by atomic mass is 32.2. The Morgan fingerprint density at radius 2 is 1.72 bits per heavy atom. The van der Waals surface area contributed by atoms with Crippen molar-refractivity contribution in [1.82, 2.24) is 19.8 Å². The molecular weight excluding hydrogens is 476 g/mol. The molecule has 4 rings (SSSR count). The molecule has 3 N–H and O–H groups in total. The lowest BCUT2D eigenvalue weighted by molar-refractivity contribution is 0.250. The summed E-state index contributed by atoms with van der Waals surface area (Å²) in [5, 5.41) is 5.67. The molecule has 0 bridgehead atoms. The summed E-state index contributed by atoms with van der Waals surface area (Å²) in [4.78, 5) is 18.6. The Kier molecular flexibility index (Phi) is 7.56. The van der Waals surface area contributed by atoms with Gasteiger partial charge in [-0.25, -0.2) is 18.2 Å². The zero-order valence-electron chi connectivity index (χ0n) is 20.5. The summed E-state index contributed by atoms with van der Waals surface area (Å²) in [6, 6.07) is 20.6. The van der Waals surface area contributed by atoms with Crippen molar-refractivity contribution in [3.8, 4) is 16.8 Å². The van der Waals surface area contributed by atoms with Gasteiger partial charge in [0, 0.05) is 24.5 Å². The number of sulfonamides is 1. The highest BCUT2D eigenvalue weighted by molar-refractivity contribution is 7.92. The summed E-state index contributed by atoms with van der Waals surface area (Å²) in [5.41, 5.74) is 5.71. The van der Waals surface area contributed by atoms with Gasteiger partial charge in [0.05, 0.1) is 22.5 Å². The van der Waals surface area contributed by atoms with E-state index in [0.717, 1.165) is 34.4 Å². The Morgan fingerprint density at radius 1 is 0.972 bits per heavy atom. The molecule has 3 aromatic carbocycles. The predicted molar refractivity (Wildman–Crippen MR) is 145 cm³/mol. The first-order chi connectivity index (χ1) is 17.2. The van der Waals surface area contributed by atoms with Gasteiger partial charge < -0.3 is 15.5 Å². The molecule has 188 valence electrons.